The highest BCUT2D eigenvalue weighted by Gasteiger charge is 2.09. The Bertz CT molecular complexity index is 704. The van der Waals surface area contributed by atoms with Crippen molar-refractivity contribution < 1.29 is 5.11 Å². The first-order valence-electron chi connectivity index (χ1n) is 7.24. The van der Waals surface area contributed by atoms with Crippen LogP contribution >= 0.6 is 0 Å². The van der Waals surface area contributed by atoms with Crippen molar-refractivity contribution in [2.24, 2.45) is 0 Å². The molecule has 0 fully saturated rings. The Balaban J connectivity index is 1.79. The van der Waals surface area contributed by atoms with Gasteiger partial charge in [-0.1, -0.05) is 72.8 Å². The molecule has 3 rings (SSSR count). The van der Waals surface area contributed by atoms with Crippen LogP contribution in [0.15, 0.2) is 72.8 Å². The van der Waals surface area contributed by atoms with E-state index in [2.05, 4.69) is 47.8 Å². The normalized spacial score (nSPS) is 12.4. The first kappa shape index (κ1) is 13.8. The molecule has 0 spiro atoms. The summed E-state index contributed by atoms with van der Waals surface area (Å²) in [5.41, 5.74) is 2.36. The molecule has 1 atom stereocenters. The molecule has 0 aliphatic carbocycles. The first-order valence-corrected chi connectivity index (χ1v) is 7.24. The maximum atomic E-state index is 9.61. The zero-order valence-electron chi connectivity index (χ0n) is 11.9. The van der Waals surface area contributed by atoms with E-state index in [1.807, 2.05) is 30.3 Å². The van der Waals surface area contributed by atoms with Crippen molar-refractivity contribution in [3.63, 3.8) is 0 Å². The molecule has 0 bridgehead atoms. The summed E-state index contributed by atoms with van der Waals surface area (Å²) in [7, 11) is 0. The van der Waals surface area contributed by atoms with Crippen LogP contribution in [0.1, 0.15) is 17.2 Å². The minimum atomic E-state index is -0.0369. The molecular weight excluding hydrogens is 258 g/mol. The van der Waals surface area contributed by atoms with Crippen LogP contribution in [0.25, 0.3) is 10.8 Å². The number of aliphatic hydroxyl groups excluding tert-OH is 1. The van der Waals surface area contributed by atoms with Gasteiger partial charge in [-0.15, -0.1) is 0 Å². The van der Waals surface area contributed by atoms with Crippen molar-refractivity contribution in [2.75, 3.05) is 6.61 Å². The predicted molar refractivity (Wildman–Crippen MR) is 87.1 cm³/mol. The van der Waals surface area contributed by atoms with Gasteiger partial charge in [-0.3, -0.25) is 0 Å². The van der Waals surface area contributed by atoms with Crippen molar-refractivity contribution in [3.05, 3.63) is 83.9 Å². The van der Waals surface area contributed by atoms with Gasteiger partial charge in [0.15, 0.2) is 0 Å². The van der Waals surface area contributed by atoms with Crippen LogP contribution in [0.3, 0.4) is 0 Å². The minimum Gasteiger partial charge on any atom is -0.394 e. The standard InChI is InChI=1S/C19H19NO/c21-14-19(16-8-2-1-3-9-16)20-13-17-11-6-10-15-7-4-5-12-18(15)17/h1-12,19-21H,13-14H2/t19-/m0/s1. The Labute approximate surface area is 125 Å². The van der Waals surface area contributed by atoms with E-state index in [1.54, 1.807) is 0 Å². The number of rotatable bonds is 5. The summed E-state index contributed by atoms with van der Waals surface area (Å²) in [6.45, 7) is 0.830. The molecule has 0 radical (unpaired) electrons. The van der Waals surface area contributed by atoms with Crippen LogP contribution in [-0.2, 0) is 6.54 Å². The van der Waals surface area contributed by atoms with Gasteiger partial charge in [-0.25, -0.2) is 0 Å². The lowest BCUT2D eigenvalue weighted by Crippen LogP contribution is -2.24. The number of aliphatic hydroxyl groups is 1. The van der Waals surface area contributed by atoms with E-state index in [0.717, 1.165) is 12.1 Å². The maximum absolute atomic E-state index is 9.61. The van der Waals surface area contributed by atoms with Gasteiger partial charge in [-0.05, 0) is 21.9 Å². The van der Waals surface area contributed by atoms with Gasteiger partial charge in [-0.2, -0.15) is 0 Å². The molecule has 106 valence electrons. The van der Waals surface area contributed by atoms with E-state index in [4.69, 9.17) is 0 Å². The van der Waals surface area contributed by atoms with Gasteiger partial charge in [0.1, 0.15) is 0 Å². The summed E-state index contributed by atoms with van der Waals surface area (Å²) in [5.74, 6) is 0. The quantitative estimate of drug-likeness (QED) is 0.746. The van der Waals surface area contributed by atoms with E-state index in [9.17, 15) is 5.11 Å². The Morgan fingerprint density at radius 2 is 1.52 bits per heavy atom. The molecule has 0 unspecified atom stereocenters. The molecule has 0 saturated heterocycles. The van der Waals surface area contributed by atoms with Crippen molar-refractivity contribution in [2.45, 2.75) is 12.6 Å². The summed E-state index contributed by atoms with van der Waals surface area (Å²) >= 11 is 0. The molecule has 0 aromatic heterocycles. The molecule has 2 heteroatoms. The fourth-order valence-corrected chi connectivity index (χ4v) is 2.65. The second-order valence-electron chi connectivity index (χ2n) is 5.17. The molecule has 0 heterocycles. The van der Waals surface area contributed by atoms with Gasteiger partial charge in [0.05, 0.1) is 12.6 Å². The van der Waals surface area contributed by atoms with Crippen LogP contribution in [0.4, 0.5) is 0 Å². The van der Waals surface area contributed by atoms with Crippen LogP contribution in [0.5, 0.6) is 0 Å². The maximum Gasteiger partial charge on any atom is 0.0626 e. The van der Waals surface area contributed by atoms with Crippen molar-refractivity contribution in [1.29, 1.82) is 0 Å². The number of hydrogen-bond donors (Lipinski definition) is 2. The van der Waals surface area contributed by atoms with Gasteiger partial charge in [0, 0.05) is 6.54 Å². The van der Waals surface area contributed by atoms with Gasteiger partial charge in [0.2, 0.25) is 0 Å². The zero-order valence-corrected chi connectivity index (χ0v) is 11.9. The molecular formula is C19H19NO. The molecule has 0 amide bonds. The fourth-order valence-electron chi connectivity index (χ4n) is 2.65. The van der Waals surface area contributed by atoms with Gasteiger partial charge < -0.3 is 10.4 Å². The van der Waals surface area contributed by atoms with Crippen LogP contribution in [-0.4, -0.2) is 11.7 Å². The molecule has 0 aliphatic heterocycles. The summed E-state index contributed by atoms with van der Waals surface area (Å²) in [5, 5.41) is 15.6. The lowest BCUT2D eigenvalue weighted by molar-refractivity contribution is 0.244. The summed E-state index contributed by atoms with van der Waals surface area (Å²) in [6.07, 6.45) is 0. The smallest absolute Gasteiger partial charge is 0.0626 e. The molecule has 2 N–H and O–H groups in total. The van der Waals surface area contributed by atoms with E-state index >= 15 is 0 Å². The Hall–Kier alpha value is -2.16. The minimum absolute atomic E-state index is 0.0369. The zero-order chi connectivity index (χ0) is 14.5. The van der Waals surface area contributed by atoms with E-state index in [0.29, 0.717) is 0 Å². The number of hydrogen-bond acceptors (Lipinski definition) is 2. The number of fused-ring (bicyclic) bond motifs is 1. The van der Waals surface area contributed by atoms with Crippen LogP contribution in [0.2, 0.25) is 0 Å². The highest BCUT2D eigenvalue weighted by Crippen LogP contribution is 2.19. The Morgan fingerprint density at radius 3 is 2.33 bits per heavy atom. The first-order chi connectivity index (χ1) is 10.4. The largest absolute Gasteiger partial charge is 0.394 e. The van der Waals surface area contributed by atoms with Crippen molar-refractivity contribution in [1.82, 2.24) is 5.32 Å². The average Bonchev–Trinajstić information content (AvgIpc) is 2.56. The number of benzene rings is 3. The summed E-state index contributed by atoms with van der Waals surface area (Å²) < 4.78 is 0. The molecule has 0 aliphatic rings. The van der Waals surface area contributed by atoms with Gasteiger partial charge >= 0.3 is 0 Å². The predicted octanol–water partition coefficient (Wildman–Crippen LogP) is 3.66. The molecule has 21 heavy (non-hydrogen) atoms. The van der Waals surface area contributed by atoms with Crippen LogP contribution < -0.4 is 5.32 Å². The third-order valence-electron chi connectivity index (χ3n) is 3.80. The van der Waals surface area contributed by atoms with Gasteiger partial charge in [0.25, 0.3) is 0 Å². The Morgan fingerprint density at radius 1 is 0.810 bits per heavy atom. The second-order valence-corrected chi connectivity index (χ2v) is 5.17. The molecule has 3 aromatic carbocycles. The molecule has 2 nitrogen and oxygen atoms in total. The third-order valence-corrected chi connectivity index (χ3v) is 3.80. The van der Waals surface area contributed by atoms with E-state index in [-0.39, 0.29) is 12.6 Å². The van der Waals surface area contributed by atoms with E-state index in [1.165, 1.54) is 16.3 Å². The van der Waals surface area contributed by atoms with Crippen LogP contribution in [0, 0.1) is 0 Å². The van der Waals surface area contributed by atoms with Crippen molar-refractivity contribution >= 4 is 10.8 Å². The fraction of sp³-hybridized carbons (Fsp3) is 0.158. The SMILES string of the molecule is OC[C@H](NCc1cccc2ccccc12)c1ccccc1. The lowest BCUT2D eigenvalue weighted by Gasteiger charge is -2.17. The molecule has 0 saturated carbocycles. The Kier molecular flexibility index (Phi) is 4.29. The summed E-state index contributed by atoms with van der Waals surface area (Å²) in [4.78, 5) is 0. The molecule has 3 aromatic rings. The lowest BCUT2D eigenvalue weighted by atomic mass is 10.0. The van der Waals surface area contributed by atoms with Crippen molar-refractivity contribution in [3.8, 4) is 0 Å². The average molecular weight is 277 g/mol. The monoisotopic (exact) mass is 277 g/mol. The highest BCUT2D eigenvalue weighted by atomic mass is 16.3. The summed E-state index contributed by atoms with van der Waals surface area (Å²) in [6, 6.07) is 24.7. The second kappa shape index (κ2) is 6.53. The highest BCUT2D eigenvalue weighted by molar-refractivity contribution is 5.85. The topological polar surface area (TPSA) is 32.3 Å². The number of nitrogens with one attached hydrogen (secondary N) is 1. The third kappa shape index (κ3) is 3.13. The van der Waals surface area contributed by atoms with E-state index < -0.39 is 0 Å².